The number of aliphatic carboxylic acids is 1. The smallest absolute Gasteiger partial charge is 0.326 e. The molecule has 0 aromatic heterocycles. The molecule has 1 atom stereocenters. The van der Waals surface area contributed by atoms with Crippen molar-refractivity contribution in [3.63, 3.8) is 0 Å². The molecule has 0 heterocycles. The van der Waals surface area contributed by atoms with Gasteiger partial charge in [0.05, 0.1) is 0 Å². The maximum atomic E-state index is 10.9. The Morgan fingerprint density at radius 3 is 2.41 bits per heavy atom. The van der Waals surface area contributed by atoms with Crippen molar-refractivity contribution in [2.24, 2.45) is 0 Å². The summed E-state index contributed by atoms with van der Waals surface area (Å²) in [7, 11) is 1.81. The van der Waals surface area contributed by atoms with Crippen LogP contribution in [-0.4, -0.2) is 24.2 Å². The highest BCUT2D eigenvalue weighted by molar-refractivity contribution is 5.77. The SMILES string of the molecule is CCCCc1ccc(N(C)C(C)C(=O)O)cc1. The summed E-state index contributed by atoms with van der Waals surface area (Å²) < 4.78 is 0. The standard InChI is InChI=1S/C14H21NO2/c1-4-5-6-12-7-9-13(10-8-12)15(3)11(2)14(16)17/h7-11H,4-6H2,1-3H3,(H,16,17). The predicted molar refractivity (Wildman–Crippen MR) is 70.6 cm³/mol. The minimum absolute atomic E-state index is 0.503. The maximum absolute atomic E-state index is 10.9. The van der Waals surface area contributed by atoms with Crippen LogP contribution >= 0.6 is 0 Å². The quantitative estimate of drug-likeness (QED) is 0.824. The summed E-state index contributed by atoms with van der Waals surface area (Å²) in [6.07, 6.45) is 3.48. The Morgan fingerprint density at radius 2 is 1.94 bits per heavy atom. The lowest BCUT2D eigenvalue weighted by atomic mass is 10.1. The molecule has 0 aliphatic heterocycles. The molecule has 3 nitrogen and oxygen atoms in total. The van der Waals surface area contributed by atoms with Crippen molar-refractivity contribution in [1.29, 1.82) is 0 Å². The molecule has 3 heteroatoms. The van der Waals surface area contributed by atoms with E-state index in [1.165, 1.54) is 18.4 Å². The van der Waals surface area contributed by atoms with E-state index in [-0.39, 0.29) is 0 Å². The zero-order chi connectivity index (χ0) is 12.8. The molecule has 1 aromatic carbocycles. The van der Waals surface area contributed by atoms with E-state index in [0.29, 0.717) is 0 Å². The number of anilines is 1. The molecule has 1 N–H and O–H groups in total. The van der Waals surface area contributed by atoms with Gasteiger partial charge in [-0.15, -0.1) is 0 Å². The first-order valence-electron chi connectivity index (χ1n) is 6.10. The number of aryl methyl sites for hydroxylation is 1. The highest BCUT2D eigenvalue weighted by Gasteiger charge is 2.16. The summed E-state index contributed by atoms with van der Waals surface area (Å²) >= 11 is 0. The molecule has 1 unspecified atom stereocenters. The number of nitrogens with zero attached hydrogens (tertiary/aromatic N) is 1. The first-order valence-corrected chi connectivity index (χ1v) is 6.10. The van der Waals surface area contributed by atoms with Gasteiger partial charge in [0, 0.05) is 12.7 Å². The number of carbonyl (C=O) groups is 1. The first-order chi connectivity index (χ1) is 8.06. The van der Waals surface area contributed by atoms with Crippen molar-refractivity contribution in [3.8, 4) is 0 Å². The van der Waals surface area contributed by atoms with Crippen LogP contribution in [0.25, 0.3) is 0 Å². The summed E-state index contributed by atoms with van der Waals surface area (Å²) in [5.74, 6) is -0.803. The summed E-state index contributed by atoms with van der Waals surface area (Å²) in [5, 5.41) is 8.94. The van der Waals surface area contributed by atoms with Crippen LogP contribution < -0.4 is 4.90 Å². The van der Waals surface area contributed by atoms with E-state index < -0.39 is 12.0 Å². The van der Waals surface area contributed by atoms with Crippen LogP contribution in [0.4, 0.5) is 5.69 Å². The average molecular weight is 235 g/mol. The predicted octanol–water partition coefficient (Wildman–Crippen LogP) is 2.94. The molecule has 0 fully saturated rings. The highest BCUT2D eigenvalue weighted by atomic mass is 16.4. The molecule has 0 saturated carbocycles. The Bertz CT molecular complexity index is 359. The Kier molecular flexibility index (Phi) is 5.01. The first kappa shape index (κ1) is 13.6. The molecule has 0 saturated heterocycles. The average Bonchev–Trinajstić information content (AvgIpc) is 2.35. The van der Waals surface area contributed by atoms with Gasteiger partial charge in [-0.1, -0.05) is 25.5 Å². The molecular weight excluding hydrogens is 214 g/mol. The largest absolute Gasteiger partial charge is 0.480 e. The molecule has 0 bridgehead atoms. The second-order valence-corrected chi connectivity index (χ2v) is 4.40. The molecule has 0 spiro atoms. The Morgan fingerprint density at radius 1 is 1.35 bits per heavy atom. The third kappa shape index (κ3) is 3.77. The number of unbranched alkanes of at least 4 members (excludes halogenated alkanes) is 1. The minimum atomic E-state index is -0.803. The molecule has 0 aliphatic carbocycles. The summed E-state index contributed by atoms with van der Waals surface area (Å²) in [4.78, 5) is 12.7. The number of likely N-dealkylation sites (N-methyl/N-ethyl adjacent to an activating group) is 1. The van der Waals surface area contributed by atoms with Crippen molar-refractivity contribution >= 4 is 11.7 Å². The second-order valence-electron chi connectivity index (χ2n) is 4.40. The third-order valence-electron chi connectivity index (χ3n) is 3.10. The molecule has 17 heavy (non-hydrogen) atoms. The Hall–Kier alpha value is -1.51. The number of carboxylic acids is 1. The van der Waals surface area contributed by atoms with Gasteiger partial charge in [-0.25, -0.2) is 4.79 Å². The molecule has 0 amide bonds. The molecule has 1 aromatic rings. The lowest BCUT2D eigenvalue weighted by molar-refractivity contribution is -0.138. The van der Waals surface area contributed by atoms with E-state index in [0.717, 1.165) is 12.1 Å². The van der Waals surface area contributed by atoms with Gasteiger partial charge < -0.3 is 10.0 Å². The fourth-order valence-electron chi connectivity index (χ4n) is 1.67. The fourth-order valence-corrected chi connectivity index (χ4v) is 1.67. The van der Waals surface area contributed by atoms with Crippen LogP contribution in [0, 0.1) is 0 Å². The molecular formula is C14H21NO2. The minimum Gasteiger partial charge on any atom is -0.480 e. The van der Waals surface area contributed by atoms with E-state index in [4.69, 9.17) is 5.11 Å². The normalized spacial score (nSPS) is 12.2. The molecule has 1 rings (SSSR count). The lowest BCUT2D eigenvalue weighted by Crippen LogP contribution is -2.35. The van der Waals surface area contributed by atoms with E-state index in [1.54, 1.807) is 18.9 Å². The van der Waals surface area contributed by atoms with E-state index >= 15 is 0 Å². The Labute approximate surface area is 103 Å². The van der Waals surface area contributed by atoms with Gasteiger partial charge in [-0.2, -0.15) is 0 Å². The van der Waals surface area contributed by atoms with Crippen molar-refractivity contribution in [2.75, 3.05) is 11.9 Å². The number of hydrogen-bond acceptors (Lipinski definition) is 2. The topological polar surface area (TPSA) is 40.5 Å². The second kappa shape index (κ2) is 6.28. The van der Waals surface area contributed by atoms with Crippen LogP contribution in [0.15, 0.2) is 24.3 Å². The van der Waals surface area contributed by atoms with Crippen LogP contribution in [-0.2, 0) is 11.2 Å². The van der Waals surface area contributed by atoms with E-state index in [2.05, 4.69) is 19.1 Å². The van der Waals surface area contributed by atoms with Crippen molar-refractivity contribution in [2.45, 2.75) is 39.2 Å². The van der Waals surface area contributed by atoms with Gasteiger partial charge in [0.1, 0.15) is 6.04 Å². The molecule has 94 valence electrons. The van der Waals surface area contributed by atoms with Gasteiger partial charge in [0.2, 0.25) is 0 Å². The molecule has 0 aliphatic rings. The van der Waals surface area contributed by atoms with Gasteiger partial charge in [0.25, 0.3) is 0 Å². The fraction of sp³-hybridized carbons (Fsp3) is 0.500. The van der Waals surface area contributed by atoms with Crippen LogP contribution in [0.1, 0.15) is 32.3 Å². The summed E-state index contributed by atoms with van der Waals surface area (Å²) in [6, 6.07) is 7.64. The van der Waals surface area contributed by atoms with E-state index in [1.807, 2.05) is 12.1 Å². The van der Waals surface area contributed by atoms with Gasteiger partial charge in [-0.3, -0.25) is 0 Å². The number of rotatable bonds is 6. The van der Waals surface area contributed by atoms with Gasteiger partial charge in [-0.05, 0) is 37.5 Å². The summed E-state index contributed by atoms with van der Waals surface area (Å²) in [6.45, 7) is 3.87. The third-order valence-corrected chi connectivity index (χ3v) is 3.10. The monoisotopic (exact) mass is 235 g/mol. The number of carboxylic acid groups (broad SMARTS) is 1. The Balaban J connectivity index is 2.69. The van der Waals surface area contributed by atoms with Crippen LogP contribution in [0.2, 0.25) is 0 Å². The summed E-state index contributed by atoms with van der Waals surface area (Å²) in [5.41, 5.74) is 2.26. The van der Waals surface area contributed by atoms with Crippen molar-refractivity contribution < 1.29 is 9.90 Å². The van der Waals surface area contributed by atoms with Crippen molar-refractivity contribution in [1.82, 2.24) is 0 Å². The van der Waals surface area contributed by atoms with Crippen molar-refractivity contribution in [3.05, 3.63) is 29.8 Å². The van der Waals surface area contributed by atoms with E-state index in [9.17, 15) is 4.79 Å². The van der Waals surface area contributed by atoms with Gasteiger partial charge >= 0.3 is 5.97 Å². The maximum Gasteiger partial charge on any atom is 0.326 e. The lowest BCUT2D eigenvalue weighted by Gasteiger charge is -2.23. The zero-order valence-corrected chi connectivity index (χ0v) is 10.8. The number of hydrogen-bond donors (Lipinski definition) is 1. The van der Waals surface area contributed by atoms with Crippen LogP contribution in [0.5, 0.6) is 0 Å². The molecule has 0 radical (unpaired) electrons. The van der Waals surface area contributed by atoms with Gasteiger partial charge in [0.15, 0.2) is 0 Å². The zero-order valence-electron chi connectivity index (χ0n) is 10.8. The number of benzene rings is 1. The van der Waals surface area contributed by atoms with Crippen LogP contribution in [0.3, 0.4) is 0 Å². The highest BCUT2D eigenvalue weighted by Crippen LogP contribution is 2.17.